The van der Waals surface area contributed by atoms with Crippen LogP contribution in [0.1, 0.15) is 40.3 Å². The van der Waals surface area contributed by atoms with Crippen molar-refractivity contribution in [3.05, 3.63) is 46.0 Å². The van der Waals surface area contributed by atoms with Crippen molar-refractivity contribution in [2.24, 2.45) is 5.10 Å². The summed E-state index contributed by atoms with van der Waals surface area (Å²) in [4.78, 5) is 16.6. The number of esters is 1. The molecule has 1 aromatic carbocycles. The van der Waals surface area contributed by atoms with E-state index in [4.69, 9.17) is 4.74 Å². The number of hydrogen-bond donors (Lipinski definition) is 1. The SMILES string of the molecule is CCOC(=O)c1sc(NN=C(C)c2ccc(C)cc2)nc1C. The molecular formula is C16H19N3O2S. The Balaban J connectivity index is 2.11. The second kappa shape index (κ2) is 7.17. The van der Waals surface area contributed by atoms with Crippen LogP contribution in [0, 0.1) is 13.8 Å². The highest BCUT2D eigenvalue weighted by Crippen LogP contribution is 2.23. The smallest absolute Gasteiger partial charge is 0.350 e. The molecular weight excluding hydrogens is 298 g/mol. The summed E-state index contributed by atoms with van der Waals surface area (Å²) < 4.78 is 5.00. The number of hydrazone groups is 1. The zero-order valence-corrected chi connectivity index (χ0v) is 14.0. The van der Waals surface area contributed by atoms with E-state index in [0.717, 1.165) is 11.3 Å². The van der Waals surface area contributed by atoms with Gasteiger partial charge in [0.25, 0.3) is 0 Å². The van der Waals surface area contributed by atoms with Gasteiger partial charge in [-0.15, -0.1) is 0 Å². The summed E-state index contributed by atoms with van der Waals surface area (Å²) in [7, 11) is 0. The summed E-state index contributed by atoms with van der Waals surface area (Å²) in [6, 6.07) is 8.13. The number of anilines is 1. The zero-order chi connectivity index (χ0) is 16.1. The Morgan fingerprint density at radius 3 is 2.64 bits per heavy atom. The number of hydrogen-bond acceptors (Lipinski definition) is 6. The third-order valence-electron chi connectivity index (χ3n) is 3.05. The van der Waals surface area contributed by atoms with Gasteiger partial charge >= 0.3 is 5.97 Å². The Hall–Kier alpha value is -2.21. The van der Waals surface area contributed by atoms with Gasteiger partial charge in [0.1, 0.15) is 4.88 Å². The summed E-state index contributed by atoms with van der Waals surface area (Å²) in [5.74, 6) is -0.343. The van der Waals surface area contributed by atoms with Gasteiger partial charge in [-0.3, -0.25) is 5.43 Å². The molecule has 0 aliphatic carbocycles. The fraction of sp³-hybridized carbons (Fsp3) is 0.312. The maximum Gasteiger partial charge on any atom is 0.350 e. The van der Waals surface area contributed by atoms with E-state index in [1.54, 1.807) is 13.8 Å². The minimum absolute atomic E-state index is 0.343. The number of aryl methyl sites for hydroxylation is 2. The van der Waals surface area contributed by atoms with E-state index in [0.29, 0.717) is 22.3 Å². The van der Waals surface area contributed by atoms with Gasteiger partial charge in [-0.25, -0.2) is 9.78 Å². The van der Waals surface area contributed by atoms with Gasteiger partial charge in [0.05, 0.1) is 18.0 Å². The lowest BCUT2D eigenvalue weighted by molar-refractivity contribution is 0.0531. The van der Waals surface area contributed by atoms with Crippen LogP contribution in [-0.2, 0) is 4.74 Å². The van der Waals surface area contributed by atoms with Gasteiger partial charge in [-0.2, -0.15) is 5.10 Å². The summed E-state index contributed by atoms with van der Waals surface area (Å²) >= 11 is 1.24. The molecule has 1 N–H and O–H groups in total. The average Bonchev–Trinajstić information content (AvgIpc) is 2.87. The second-order valence-corrected chi connectivity index (χ2v) is 5.83. The summed E-state index contributed by atoms with van der Waals surface area (Å²) in [6.45, 7) is 7.88. The van der Waals surface area contributed by atoms with E-state index in [-0.39, 0.29) is 5.97 Å². The standard InChI is InChI=1S/C16H19N3O2S/c1-5-21-15(20)14-12(4)17-16(22-14)19-18-11(3)13-8-6-10(2)7-9-13/h6-9H,5H2,1-4H3,(H,17,19). The molecule has 0 aliphatic rings. The topological polar surface area (TPSA) is 63.6 Å². The van der Waals surface area contributed by atoms with E-state index in [2.05, 4.69) is 15.5 Å². The van der Waals surface area contributed by atoms with Crippen LogP contribution < -0.4 is 5.43 Å². The van der Waals surface area contributed by atoms with Crippen molar-refractivity contribution in [3.63, 3.8) is 0 Å². The molecule has 2 aromatic rings. The minimum atomic E-state index is -0.343. The number of benzene rings is 1. The first kappa shape index (κ1) is 16.2. The third-order valence-corrected chi connectivity index (χ3v) is 4.09. The Kier molecular flexibility index (Phi) is 5.27. The number of ether oxygens (including phenoxy) is 1. The van der Waals surface area contributed by atoms with Crippen molar-refractivity contribution in [2.75, 3.05) is 12.0 Å². The minimum Gasteiger partial charge on any atom is -0.462 e. The van der Waals surface area contributed by atoms with Crippen LogP contribution in [0.4, 0.5) is 5.13 Å². The van der Waals surface area contributed by atoms with E-state index < -0.39 is 0 Å². The number of rotatable bonds is 5. The third kappa shape index (κ3) is 3.92. The average molecular weight is 317 g/mol. The van der Waals surface area contributed by atoms with Crippen LogP contribution in [0.3, 0.4) is 0 Å². The van der Waals surface area contributed by atoms with E-state index in [9.17, 15) is 4.79 Å². The molecule has 116 valence electrons. The molecule has 0 radical (unpaired) electrons. The van der Waals surface area contributed by atoms with Crippen molar-refractivity contribution in [3.8, 4) is 0 Å². The summed E-state index contributed by atoms with van der Waals surface area (Å²) in [6.07, 6.45) is 0. The lowest BCUT2D eigenvalue weighted by atomic mass is 10.1. The molecule has 0 fully saturated rings. The Bertz CT molecular complexity index is 690. The molecule has 2 rings (SSSR count). The van der Waals surface area contributed by atoms with Crippen LogP contribution in [0.2, 0.25) is 0 Å². The van der Waals surface area contributed by atoms with E-state index >= 15 is 0 Å². The predicted molar refractivity (Wildman–Crippen MR) is 89.8 cm³/mol. The van der Waals surface area contributed by atoms with Gasteiger partial charge in [-0.1, -0.05) is 41.2 Å². The van der Waals surface area contributed by atoms with Crippen molar-refractivity contribution >= 4 is 28.1 Å². The van der Waals surface area contributed by atoms with Crippen molar-refractivity contribution < 1.29 is 9.53 Å². The first-order valence-electron chi connectivity index (χ1n) is 7.03. The maximum absolute atomic E-state index is 11.8. The van der Waals surface area contributed by atoms with E-state index in [1.165, 1.54) is 16.9 Å². The Labute approximate surface area is 134 Å². The molecule has 0 amide bonds. The lowest BCUT2D eigenvalue weighted by Gasteiger charge is -2.01. The van der Waals surface area contributed by atoms with Crippen LogP contribution >= 0.6 is 11.3 Å². The van der Waals surface area contributed by atoms with Crippen molar-refractivity contribution in [1.82, 2.24) is 4.98 Å². The highest BCUT2D eigenvalue weighted by molar-refractivity contribution is 7.17. The highest BCUT2D eigenvalue weighted by Gasteiger charge is 2.16. The number of nitrogens with zero attached hydrogens (tertiary/aromatic N) is 2. The number of thiazole rings is 1. The molecule has 0 atom stereocenters. The van der Waals surface area contributed by atoms with Gasteiger partial charge < -0.3 is 4.74 Å². The summed E-state index contributed by atoms with van der Waals surface area (Å²) in [5, 5.41) is 4.89. The molecule has 6 heteroatoms. The maximum atomic E-state index is 11.8. The molecule has 1 aromatic heterocycles. The molecule has 0 unspecified atom stereocenters. The fourth-order valence-corrected chi connectivity index (χ4v) is 2.62. The lowest BCUT2D eigenvalue weighted by Crippen LogP contribution is -2.03. The fourth-order valence-electron chi connectivity index (χ4n) is 1.82. The molecule has 0 bridgehead atoms. The number of aromatic nitrogens is 1. The molecule has 0 saturated carbocycles. The molecule has 0 spiro atoms. The number of nitrogens with one attached hydrogen (secondary N) is 1. The molecule has 0 saturated heterocycles. The van der Waals surface area contributed by atoms with Crippen LogP contribution in [0.15, 0.2) is 29.4 Å². The molecule has 5 nitrogen and oxygen atoms in total. The first-order chi connectivity index (χ1) is 10.5. The van der Waals surface area contributed by atoms with Crippen LogP contribution in [0.5, 0.6) is 0 Å². The normalized spacial score (nSPS) is 11.4. The monoisotopic (exact) mass is 317 g/mol. The van der Waals surface area contributed by atoms with Gasteiger partial charge in [0, 0.05) is 0 Å². The predicted octanol–water partition coefficient (Wildman–Crippen LogP) is 3.77. The van der Waals surface area contributed by atoms with Crippen LogP contribution in [0.25, 0.3) is 0 Å². The largest absolute Gasteiger partial charge is 0.462 e. The number of carbonyl (C=O) groups is 1. The van der Waals surface area contributed by atoms with E-state index in [1.807, 2.05) is 38.1 Å². The number of carbonyl (C=O) groups excluding carboxylic acids is 1. The summed E-state index contributed by atoms with van der Waals surface area (Å²) in [5.41, 5.74) is 6.65. The highest BCUT2D eigenvalue weighted by atomic mass is 32.1. The Morgan fingerprint density at radius 1 is 1.32 bits per heavy atom. The van der Waals surface area contributed by atoms with Crippen molar-refractivity contribution in [1.29, 1.82) is 0 Å². The second-order valence-electron chi connectivity index (χ2n) is 4.83. The van der Waals surface area contributed by atoms with Gasteiger partial charge in [0.15, 0.2) is 0 Å². The quantitative estimate of drug-likeness (QED) is 0.518. The first-order valence-corrected chi connectivity index (χ1v) is 7.84. The molecule has 1 heterocycles. The molecule has 0 aliphatic heterocycles. The van der Waals surface area contributed by atoms with Crippen LogP contribution in [-0.4, -0.2) is 23.3 Å². The van der Waals surface area contributed by atoms with Gasteiger partial charge in [-0.05, 0) is 33.3 Å². The van der Waals surface area contributed by atoms with Crippen molar-refractivity contribution in [2.45, 2.75) is 27.7 Å². The van der Waals surface area contributed by atoms with Gasteiger partial charge in [0.2, 0.25) is 5.13 Å². The molecule has 22 heavy (non-hydrogen) atoms. The zero-order valence-electron chi connectivity index (χ0n) is 13.1. The Morgan fingerprint density at radius 2 is 2.00 bits per heavy atom.